The lowest BCUT2D eigenvalue weighted by atomic mass is 10.1. The minimum absolute atomic E-state index is 0.670. The van der Waals surface area contributed by atoms with Gasteiger partial charge in [0.25, 0.3) is 0 Å². The fourth-order valence-electron chi connectivity index (χ4n) is 1.53. The molecule has 0 radical (unpaired) electrons. The summed E-state index contributed by atoms with van der Waals surface area (Å²) in [5, 5.41) is 14.1. The van der Waals surface area contributed by atoms with E-state index in [1.807, 2.05) is 19.1 Å². The van der Waals surface area contributed by atoms with Gasteiger partial charge in [0.1, 0.15) is 11.4 Å². The highest BCUT2D eigenvalue weighted by Gasteiger charge is 2.23. The molecule has 2 rings (SSSR count). The van der Waals surface area contributed by atoms with Crippen molar-refractivity contribution >= 4 is 5.52 Å². The number of aryl methyl sites for hydroxylation is 1. The molecular formula is C10H13N3O. The van der Waals surface area contributed by atoms with E-state index < -0.39 is 5.60 Å². The van der Waals surface area contributed by atoms with Crippen LogP contribution < -0.4 is 0 Å². The van der Waals surface area contributed by atoms with Gasteiger partial charge in [-0.05, 0) is 32.9 Å². The van der Waals surface area contributed by atoms with Crippen molar-refractivity contribution < 1.29 is 5.11 Å². The molecule has 0 spiro atoms. The maximum absolute atomic E-state index is 9.90. The Bertz CT molecular complexity index is 468. The molecule has 0 amide bonds. The Morgan fingerprint density at radius 2 is 2.14 bits per heavy atom. The lowest BCUT2D eigenvalue weighted by molar-refractivity contribution is 0.0758. The highest BCUT2D eigenvalue weighted by atomic mass is 16.3. The van der Waals surface area contributed by atoms with Crippen molar-refractivity contribution in [2.75, 3.05) is 0 Å². The number of fused-ring (bicyclic) bond motifs is 1. The number of aliphatic hydroxyl groups is 1. The molecule has 0 unspecified atom stereocenters. The fraction of sp³-hybridized carbons (Fsp3) is 0.400. The van der Waals surface area contributed by atoms with E-state index in [9.17, 15) is 5.11 Å². The second kappa shape index (κ2) is 2.78. The molecule has 0 atom stereocenters. The first-order chi connectivity index (χ1) is 6.50. The van der Waals surface area contributed by atoms with Crippen molar-refractivity contribution in [1.82, 2.24) is 14.6 Å². The number of imidazole rings is 1. The molecule has 0 fully saturated rings. The van der Waals surface area contributed by atoms with Gasteiger partial charge in [-0.25, -0.2) is 9.50 Å². The van der Waals surface area contributed by atoms with E-state index in [0.29, 0.717) is 5.69 Å². The molecule has 0 bridgehead atoms. The van der Waals surface area contributed by atoms with E-state index in [4.69, 9.17) is 0 Å². The van der Waals surface area contributed by atoms with Crippen LogP contribution in [0.5, 0.6) is 0 Å². The summed E-state index contributed by atoms with van der Waals surface area (Å²) in [4.78, 5) is 4.31. The number of hydrogen-bond acceptors (Lipinski definition) is 3. The predicted octanol–water partition coefficient (Wildman–Crippen LogP) is 1.27. The van der Waals surface area contributed by atoms with Crippen LogP contribution in [0.2, 0.25) is 0 Å². The molecule has 0 aromatic carbocycles. The molecule has 2 aromatic rings. The van der Waals surface area contributed by atoms with E-state index >= 15 is 0 Å². The van der Waals surface area contributed by atoms with Crippen molar-refractivity contribution in [2.45, 2.75) is 26.4 Å². The van der Waals surface area contributed by atoms with Crippen molar-refractivity contribution in [2.24, 2.45) is 0 Å². The van der Waals surface area contributed by atoms with E-state index in [1.54, 1.807) is 24.6 Å². The van der Waals surface area contributed by atoms with E-state index in [-0.39, 0.29) is 0 Å². The third-order valence-electron chi connectivity index (χ3n) is 2.15. The Hall–Kier alpha value is -1.42. The van der Waals surface area contributed by atoms with Crippen LogP contribution in [0.25, 0.3) is 5.52 Å². The molecular weight excluding hydrogens is 178 g/mol. The minimum Gasteiger partial charge on any atom is -0.384 e. The molecule has 0 aliphatic carbocycles. The highest BCUT2D eigenvalue weighted by molar-refractivity contribution is 5.53. The zero-order valence-corrected chi connectivity index (χ0v) is 8.52. The van der Waals surface area contributed by atoms with E-state index in [0.717, 1.165) is 11.3 Å². The van der Waals surface area contributed by atoms with Crippen LogP contribution in [0.4, 0.5) is 0 Å². The monoisotopic (exact) mass is 191 g/mol. The lowest BCUT2D eigenvalue weighted by Gasteiger charge is -2.14. The molecule has 4 nitrogen and oxygen atoms in total. The van der Waals surface area contributed by atoms with Gasteiger partial charge in [0.05, 0.1) is 11.2 Å². The molecule has 0 aliphatic rings. The van der Waals surface area contributed by atoms with E-state index in [1.165, 1.54) is 0 Å². The predicted molar refractivity (Wildman–Crippen MR) is 53.0 cm³/mol. The Labute approximate surface area is 82.2 Å². The molecule has 0 aliphatic heterocycles. The van der Waals surface area contributed by atoms with Crippen LogP contribution in [0.1, 0.15) is 25.4 Å². The van der Waals surface area contributed by atoms with E-state index in [2.05, 4.69) is 10.1 Å². The second-order valence-corrected chi connectivity index (χ2v) is 3.89. The van der Waals surface area contributed by atoms with Crippen LogP contribution in [0.15, 0.2) is 18.3 Å². The molecule has 74 valence electrons. The Balaban J connectivity index is 2.80. The van der Waals surface area contributed by atoms with Crippen LogP contribution in [0, 0.1) is 6.92 Å². The SMILES string of the molecule is Cc1nc(C(C)(C)O)c2cccnn12. The Morgan fingerprint density at radius 3 is 2.79 bits per heavy atom. The Kier molecular flexibility index (Phi) is 1.82. The quantitative estimate of drug-likeness (QED) is 0.738. The van der Waals surface area contributed by atoms with Crippen LogP contribution in [-0.2, 0) is 5.60 Å². The van der Waals surface area contributed by atoms with Crippen LogP contribution in [-0.4, -0.2) is 19.7 Å². The summed E-state index contributed by atoms with van der Waals surface area (Å²) in [6.45, 7) is 5.32. The van der Waals surface area contributed by atoms with Crippen molar-refractivity contribution in [1.29, 1.82) is 0 Å². The van der Waals surface area contributed by atoms with Crippen molar-refractivity contribution in [3.8, 4) is 0 Å². The van der Waals surface area contributed by atoms with Gasteiger partial charge >= 0.3 is 0 Å². The van der Waals surface area contributed by atoms with Gasteiger partial charge in [-0.2, -0.15) is 5.10 Å². The second-order valence-electron chi connectivity index (χ2n) is 3.89. The molecule has 0 saturated carbocycles. The van der Waals surface area contributed by atoms with Gasteiger partial charge in [0.15, 0.2) is 0 Å². The van der Waals surface area contributed by atoms with Crippen molar-refractivity contribution in [3.05, 3.63) is 29.8 Å². The van der Waals surface area contributed by atoms with Gasteiger partial charge in [0, 0.05) is 6.20 Å². The number of nitrogens with zero attached hydrogens (tertiary/aromatic N) is 3. The number of rotatable bonds is 1. The summed E-state index contributed by atoms with van der Waals surface area (Å²) in [5.41, 5.74) is 0.600. The molecule has 14 heavy (non-hydrogen) atoms. The summed E-state index contributed by atoms with van der Waals surface area (Å²) < 4.78 is 1.73. The summed E-state index contributed by atoms with van der Waals surface area (Å²) in [6.07, 6.45) is 1.70. The van der Waals surface area contributed by atoms with Crippen LogP contribution >= 0.6 is 0 Å². The minimum atomic E-state index is -0.928. The summed E-state index contributed by atoms with van der Waals surface area (Å²) >= 11 is 0. The maximum Gasteiger partial charge on any atom is 0.128 e. The van der Waals surface area contributed by atoms with Gasteiger partial charge in [-0.15, -0.1) is 0 Å². The maximum atomic E-state index is 9.90. The first-order valence-electron chi connectivity index (χ1n) is 4.53. The standard InChI is InChI=1S/C10H13N3O/c1-7-12-9(10(2,3)14)8-5-4-6-11-13(7)8/h4-6,14H,1-3H3. The molecule has 0 saturated heterocycles. The van der Waals surface area contributed by atoms with Gasteiger partial charge in [-0.1, -0.05) is 0 Å². The average Bonchev–Trinajstić information content (AvgIpc) is 2.44. The largest absolute Gasteiger partial charge is 0.384 e. The van der Waals surface area contributed by atoms with Crippen molar-refractivity contribution in [3.63, 3.8) is 0 Å². The van der Waals surface area contributed by atoms with Crippen LogP contribution in [0.3, 0.4) is 0 Å². The van der Waals surface area contributed by atoms with Gasteiger partial charge < -0.3 is 5.11 Å². The number of hydrogen-bond donors (Lipinski definition) is 1. The zero-order valence-electron chi connectivity index (χ0n) is 8.52. The summed E-state index contributed by atoms with van der Waals surface area (Å²) in [5.74, 6) is 0.790. The van der Waals surface area contributed by atoms with Gasteiger partial charge in [0.2, 0.25) is 0 Å². The summed E-state index contributed by atoms with van der Waals surface area (Å²) in [6, 6.07) is 3.74. The lowest BCUT2D eigenvalue weighted by Crippen LogP contribution is -2.16. The smallest absolute Gasteiger partial charge is 0.128 e. The zero-order chi connectivity index (χ0) is 10.3. The van der Waals surface area contributed by atoms with Gasteiger partial charge in [-0.3, -0.25) is 0 Å². The third kappa shape index (κ3) is 1.28. The summed E-state index contributed by atoms with van der Waals surface area (Å²) in [7, 11) is 0. The number of aromatic nitrogens is 3. The normalized spacial score (nSPS) is 12.3. The Morgan fingerprint density at radius 1 is 1.43 bits per heavy atom. The highest BCUT2D eigenvalue weighted by Crippen LogP contribution is 2.23. The third-order valence-corrected chi connectivity index (χ3v) is 2.15. The molecule has 4 heteroatoms. The molecule has 1 N–H and O–H groups in total. The average molecular weight is 191 g/mol. The topological polar surface area (TPSA) is 50.4 Å². The first-order valence-corrected chi connectivity index (χ1v) is 4.53. The first kappa shape index (κ1) is 9.15. The molecule has 2 heterocycles. The molecule has 2 aromatic heterocycles. The fourth-order valence-corrected chi connectivity index (χ4v) is 1.53.